The Bertz CT molecular complexity index is 1520. The highest BCUT2D eigenvalue weighted by Gasteiger charge is 2.18. The molecular weight excluding hydrogens is 542 g/mol. The molecule has 0 unspecified atom stereocenters. The summed E-state index contributed by atoms with van der Waals surface area (Å²) < 4.78 is 50.2. The third-order valence-corrected chi connectivity index (χ3v) is 6.68. The van der Waals surface area contributed by atoms with Crippen molar-refractivity contribution in [3.8, 4) is 39.9 Å². The summed E-state index contributed by atoms with van der Waals surface area (Å²) in [7, 11) is 1.25. The molecule has 0 radical (unpaired) electrons. The van der Waals surface area contributed by atoms with Crippen LogP contribution in [0.2, 0.25) is 0 Å². The van der Waals surface area contributed by atoms with Crippen LogP contribution in [0.15, 0.2) is 72.8 Å². The number of methoxy groups -OCH3 is 1. The maximum atomic E-state index is 14.0. The Morgan fingerprint density at radius 3 is 2.19 bits per heavy atom. The monoisotopic (exact) mass is 576 g/mol. The molecule has 6 nitrogen and oxygen atoms in total. The topological polar surface area (TPSA) is 74.2 Å². The van der Waals surface area contributed by atoms with Crippen LogP contribution in [0.4, 0.5) is 8.78 Å². The Morgan fingerprint density at radius 1 is 0.810 bits per heavy atom. The number of hydrogen-bond acceptors (Lipinski definition) is 6. The highest BCUT2D eigenvalue weighted by molar-refractivity contribution is 5.92. The Kier molecular flexibility index (Phi) is 10.4. The van der Waals surface area contributed by atoms with Gasteiger partial charge in [-0.05, 0) is 66.4 Å². The number of phenols is 1. The van der Waals surface area contributed by atoms with E-state index < -0.39 is 11.8 Å². The van der Waals surface area contributed by atoms with Crippen molar-refractivity contribution in [1.29, 1.82) is 0 Å². The van der Waals surface area contributed by atoms with Gasteiger partial charge in [0.05, 0.1) is 20.3 Å². The quantitative estimate of drug-likeness (QED) is 0.128. The minimum atomic E-state index is -0.626. The number of esters is 1. The first-order valence-electron chi connectivity index (χ1n) is 13.9. The minimum Gasteiger partial charge on any atom is -0.507 e. The van der Waals surface area contributed by atoms with Crippen LogP contribution in [-0.2, 0) is 17.6 Å². The molecule has 4 aromatic rings. The van der Waals surface area contributed by atoms with Crippen molar-refractivity contribution in [2.24, 2.45) is 0 Å². The second kappa shape index (κ2) is 14.3. The van der Waals surface area contributed by atoms with Crippen molar-refractivity contribution in [2.45, 2.75) is 39.5 Å². The summed E-state index contributed by atoms with van der Waals surface area (Å²) in [6.45, 7) is 4.74. The van der Waals surface area contributed by atoms with E-state index in [2.05, 4.69) is 0 Å². The molecule has 0 aliphatic rings. The minimum absolute atomic E-state index is 0.0553. The fourth-order valence-electron chi connectivity index (χ4n) is 4.56. The van der Waals surface area contributed by atoms with E-state index in [9.17, 15) is 18.7 Å². The number of carbonyl (C=O) groups excluding carboxylic acids is 1. The van der Waals surface area contributed by atoms with Crippen LogP contribution in [0.25, 0.3) is 11.1 Å². The van der Waals surface area contributed by atoms with Crippen LogP contribution in [0, 0.1) is 11.6 Å². The fourth-order valence-corrected chi connectivity index (χ4v) is 4.56. The molecule has 0 atom stereocenters. The molecular formula is C34H34F2O6. The van der Waals surface area contributed by atoms with Crippen LogP contribution in [0.5, 0.6) is 28.7 Å². The van der Waals surface area contributed by atoms with Gasteiger partial charge in [0.15, 0.2) is 0 Å². The molecule has 0 aliphatic heterocycles. The van der Waals surface area contributed by atoms with Crippen molar-refractivity contribution < 1.29 is 37.6 Å². The number of phenolic OH excluding ortho intramolecular Hbond substituents is 1. The smallest absolute Gasteiger partial charge is 0.341 e. The van der Waals surface area contributed by atoms with Crippen LogP contribution in [-0.4, -0.2) is 31.4 Å². The number of hydrogen-bond donors (Lipinski definition) is 1. The second-order valence-electron chi connectivity index (χ2n) is 9.60. The van der Waals surface area contributed by atoms with Crippen molar-refractivity contribution in [3.05, 3.63) is 101 Å². The fraction of sp³-hybridized carbons (Fsp3) is 0.265. The van der Waals surface area contributed by atoms with Gasteiger partial charge in [0.2, 0.25) is 0 Å². The van der Waals surface area contributed by atoms with Gasteiger partial charge in [0, 0.05) is 29.7 Å². The number of carbonyl (C=O) groups is 1. The van der Waals surface area contributed by atoms with E-state index >= 15 is 0 Å². The third kappa shape index (κ3) is 7.37. The molecule has 42 heavy (non-hydrogen) atoms. The zero-order valence-electron chi connectivity index (χ0n) is 23.9. The predicted octanol–water partition coefficient (Wildman–Crippen LogP) is 8.28. The highest BCUT2D eigenvalue weighted by atomic mass is 19.1. The van der Waals surface area contributed by atoms with E-state index in [4.69, 9.17) is 18.9 Å². The number of benzene rings is 4. The molecule has 0 saturated heterocycles. The van der Waals surface area contributed by atoms with Crippen LogP contribution in [0.1, 0.15) is 48.2 Å². The molecule has 0 bridgehead atoms. The molecule has 0 aromatic heterocycles. The molecule has 220 valence electrons. The van der Waals surface area contributed by atoms with E-state index in [-0.39, 0.29) is 22.9 Å². The molecule has 0 amide bonds. The molecule has 4 aromatic carbocycles. The van der Waals surface area contributed by atoms with Gasteiger partial charge < -0.3 is 24.1 Å². The van der Waals surface area contributed by atoms with Crippen molar-refractivity contribution in [1.82, 2.24) is 0 Å². The van der Waals surface area contributed by atoms with E-state index in [1.807, 2.05) is 26.0 Å². The number of halogens is 2. The van der Waals surface area contributed by atoms with Gasteiger partial charge in [-0.15, -0.1) is 0 Å². The molecule has 0 fully saturated rings. The molecule has 1 N–H and O–H groups in total. The summed E-state index contributed by atoms with van der Waals surface area (Å²) in [5.74, 6) is 0.290. The SMILES string of the molecule is CCCc1c(OCCCOc2cc(O)c(-c3ccc(F)cc3)cc2CC)cccc1Oc1cc(F)ccc1C(=O)OC. The number of aryl methyl sites for hydroxylation is 1. The maximum Gasteiger partial charge on any atom is 0.341 e. The standard InChI is InChI=1S/C34H34F2O6/c1-4-8-26-30(9-6-10-31(26)42-33-20-25(36)15-16-27(33)34(38)39-3)40-17-7-18-41-32-21-29(37)28(19-22(32)5-2)23-11-13-24(35)14-12-23/h6,9-16,19-21,37H,4-5,7-8,17-18H2,1-3H3. The molecule has 0 heterocycles. The molecule has 0 spiro atoms. The highest BCUT2D eigenvalue weighted by Crippen LogP contribution is 2.37. The van der Waals surface area contributed by atoms with Gasteiger partial charge in [-0.3, -0.25) is 0 Å². The first kappa shape index (κ1) is 30.4. The van der Waals surface area contributed by atoms with Crippen LogP contribution in [0.3, 0.4) is 0 Å². The van der Waals surface area contributed by atoms with E-state index in [1.54, 1.807) is 30.3 Å². The zero-order valence-corrected chi connectivity index (χ0v) is 23.9. The summed E-state index contributed by atoms with van der Waals surface area (Å²) in [6.07, 6.45) is 2.71. The zero-order chi connectivity index (χ0) is 30.1. The summed E-state index contributed by atoms with van der Waals surface area (Å²) in [4.78, 5) is 12.2. The normalized spacial score (nSPS) is 10.8. The van der Waals surface area contributed by atoms with Gasteiger partial charge >= 0.3 is 5.97 Å². The van der Waals surface area contributed by atoms with Crippen LogP contribution < -0.4 is 14.2 Å². The number of ether oxygens (including phenoxy) is 4. The lowest BCUT2D eigenvalue weighted by Crippen LogP contribution is -2.08. The first-order chi connectivity index (χ1) is 20.3. The number of rotatable bonds is 13. The first-order valence-corrected chi connectivity index (χ1v) is 13.9. The summed E-state index contributed by atoms with van der Waals surface area (Å²) >= 11 is 0. The average Bonchev–Trinajstić information content (AvgIpc) is 2.99. The average molecular weight is 577 g/mol. The summed E-state index contributed by atoms with van der Waals surface area (Å²) in [6, 6.07) is 18.5. The van der Waals surface area contributed by atoms with Gasteiger partial charge in [-0.25, -0.2) is 13.6 Å². The largest absolute Gasteiger partial charge is 0.507 e. The van der Waals surface area contributed by atoms with Gasteiger partial charge in [-0.1, -0.05) is 38.5 Å². The molecule has 4 rings (SSSR count). The number of aromatic hydroxyl groups is 1. The van der Waals surface area contributed by atoms with E-state index in [0.29, 0.717) is 55.3 Å². The molecule has 0 saturated carbocycles. The van der Waals surface area contributed by atoms with Gasteiger partial charge in [-0.2, -0.15) is 0 Å². The molecule has 8 heteroatoms. The van der Waals surface area contributed by atoms with Crippen molar-refractivity contribution in [2.75, 3.05) is 20.3 Å². The maximum absolute atomic E-state index is 14.0. The van der Waals surface area contributed by atoms with Crippen molar-refractivity contribution >= 4 is 5.97 Å². The van der Waals surface area contributed by atoms with Crippen molar-refractivity contribution in [3.63, 3.8) is 0 Å². The van der Waals surface area contributed by atoms with Crippen LogP contribution >= 0.6 is 0 Å². The van der Waals surface area contributed by atoms with Gasteiger partial charge in [0.1, 0.15) is 45.9 Å². The lowest BCUT2D eigenvalue weighted by Gasteiger charge is -2.17. The summed E-state index contributed by atoms with van der Waals surface area (Å²) in [5, 5.41) is 10.6. The Labute approximate surface area is 244 Å². The lowest BCUT2D eigenvalue weighted by molar-refractivity contribution is 0.0597. The summed E-state index contributed by atoms with van der Waals surface area (Å²) in [5.41, 5.74) is 3.18. The van der Waals surface area contributed by atoms with E-state index in [0.717, 1.165) is 29.2 Å². The Hall–Kier alpha value is -4.59. The Balaban J connectivity index is 1.42. The van der Waals surface area contributed by atoms with Gasteiger partial charge in [0.25, 0.3) is 0 Å². The predicted molar refractivity (Wildman–Crippen MR) is 157 cm³/mol. The Morgan fingerprint density at radius 2 is 1.50 bits per heavy atom. The second-order valence-corrected chi connectivity index (χ2v) is 9.60. The van der Waals surface area contributed by atoms with E-state index in [1.165, 1.54) is 31.4 Å². The molecule has 0 aliphatic carbocycles. The lowest BCUT2D eigenvalue weighted by atomic mass is 10.00. The third-order valence-electron chi connectivity index (χ3n) is 6.68.